The number of morpholine rings is 1. The number of benzene rings is 1. The van der Waals surface area contributed by atoms with Crippen LogP contribution in [0.1, 0.15) is 11.6 Å². The highest BCUT2D eigenvalue weighted by molar-refractivity contribution is 9.10. The predicted molar refractivity (Wildman–Crippen MR) is 97.5 cm³/mol. The molecule has 1 saturated heterocycles. The number of hydrogen-bond acceptors (Lipinski definition) is 3. The number of ether oxygens (including phenoxy) is 1. The molecule has 0 bridgehead atoms. The van der Waals surface area contributed by atoms with E-state index in [9.17, 15) is 0 Å². The summed E-state index contributed by atoms with van der Waals surface area (Å²) in [7, 11) is 1.75. The van der Waals surface area contributed by atoms with Crippen molar-refractivity contribution in [3.8, 4) is 12.3 Å². The summed E-state index contributed by atoms with van der Waals surface area (Å²) < 4.78 is 6.38. The molecule has 0 aromatic heterocycles. The van der Waals surface area contributed by atoms with Crippen molar-refractivity contribution in [1.82, 2.24) is 15.5 Å². The molecule has 1 aromatic carbocycles. The third-order valence-corrected chi connectivity index (χ3v) is 4.23. The molecular formula is C17H23BrN4O. The molecule has 0 spiro atoms. The van der Waals surface area contributed by atoms with Gasteiger partial charge in [-0.1, -0.05) is 34.0 Å². The number of guanidine groups is 1. The lowest BCUT2D eigenvalue weighted by molar-refractivity contribution is 0.0389. The maximum absolute atomic E-state index is 5.66. The second-order valence-electron chi connectivity index (χ2n) is 5.25. The first-order valence-corrected chi connectivity index (χ1v) is 8.51. The zero-order chi connectivity index (χ0) is 16.5. The van der Waals surface area contributed by atoms with Crippen LogP contribution < -0.4 is 10.6 Å². The Bertz CT molecular complexity index is 547. The molecule has 23 heavy (non-hydrogen) atoms. The molecule has 0 amide bonds. The summed E-state index contributed by atoms with van der Waals surface area (Å²) in [5, 5.41) is 6.59. The van der Waals surface area contributed by atoms with Gasteiger partial charge in [0.1, 0.15) is 6.04 Å². The Kier molecular flexibility index (Phi) is 7.40. The van der Waals surface area contributed by atoms with E-state index in [0.717, 1.165) is 49.4 Å². The molecule has 1 aliphatic rings. The topological polar surface area (TPSA) is 48.9 Å². The van der Waals surface area contributed by atoms with Gasteiger partial charge in [-0.25, -0.2) is 0 Å². The first-order valence-electron chi connectivity index (χ1n) is 7.72. The molecule has 1 heterocycles. The Balaban J connectivity index is 1.82. The van der Waals surface area contributed by atoms with Gasteiger partial charge in [-0.15, -0.1) is 6.42 Å². The van der Waals surface area contributed by atoms with Crippen molar-refractivity contribution in [2.45, 2.75) is 6.04 Å². The molecule has 1 fully saturated rings. The molecule has 5 nitrogen and oxygen atoms in total. The van der Waals surface area contributed by atoms with E-state index in [2.05, 4.69) is 42.4 Å². The van der Waals surface area contributed by atoms with Gasteiger partial charge in [-0.3, -0.25) is 9.89 Å². The molecule has 2 rings (SSSR count). The molecule has 1 aliphatic heterocycles. The lowest BCUT2D eigenvalue weighted by Crippen LogP contribution is -2.45. The minimum atomic E-state index is -0.210. The Morgan fingerprint density at radius 3 is 2.70 bits per heavy atom. The normalized spacial score (nSPS) is 17.3. The van der Waals surface area contributed by atoms with Gasteiger partial charge >= 0.3 is 0 Å². The number of rotatable bonds is 5. The first-order chi connectivity index (χ1) is 11.2. The molecule has 0 radical (unpaired) electrons. The van der Waals surface area contributed by atoms with Crippen LogP contribution in [0.4, 0.5) is 0 Å². The second-order valence-corrected chi connectivity index (χ2v) is 6.16. The van der Waals surface area contributed by atoms with E-state index in [4.69, 9.17) is 11.2 Å². The monoisotopic (exact) mass is 378 g/mol. The summed E-state index contributed by atoms with van der Waals surface area (Å²) in [6, 6.07) is 7.76. The first kappa shape index (κ1) is 17.8. The van der Waals surface area contributed by atoms with Crippen molar-refractivity contribution in [2.75, 3.05) is 46.4 Å². The summed E-state index contributed by atoms with van der Waals surface area (Å²) in [5.74, 6) is 3.48. The van der Waals surface area contributed by atoms with Crippen LogP contribution >= 0.6 is 15.9 Å². The van der Waals surface area contributed by atoms with Crippen LogP contribution in [0.3, 0.4) is 0 Å². The minimum Gasteiger partial charge on any atom is -0.379 e. The molecule has 6 heteroatoms. The number of halogens is 1. The lowest BCUT2D eigenvalue weighted by atomic mass is 10.1. The third-order valence-electron chi connectivity index (χ3n) is 3.70. The third kappa shape index (κ3) is 5.87. The van der Waals surface area contributed by atoms with Gasteiger partial charge < -0.3 is 15.4 Å². The molecule has 124 valence electrons. The van der Waals surface area contributed by atoms with E-state index in [1.54, 1.807) is 7.05 Å². The van der Waals surface area contributed by atoms with Crippen LogP contribution in [0.15, 0.2) is 33.7 Å². The van der Waals surface area contributed by atoms with Crippen LogP contribution in [0.2, 0.25) is 0 Å². The summed E-state index contributed by atoms with van der Waals surface area (Å²) >= 11 is 3.43. The zero-order valence-electron chi connectivity index (χ0n) is 13.4. The SMILES string of the molecule is C#CC(NC(=NC)NCCN1CCOCC1)c1ccc(Br)cc1. The van der Waals surface area contributed by atoms with Crippen molar-refractivity contribution >= 4 is 21.9 Å². The summed E-state index contributed by atoms with van der Waals surface area (Å²) in [6.07, 6.45) is 5.66. The molecule has 2 N–H and O–H groups in total. The number of hydrogen-bond donors (Lipinski definition) is 2. The van der Waals surface area contributed by atoms with E-state index in [-0.39, 0.29) is 6.04 Å². The average molecular weight is 379 g/mol. The number of nitrogens with zero attached hydrogens (tertiary/aromatic N) is 2. The van der Waals surface area contributed by atoms with Gasteiger partial charge in [0.25, 0.3) is 0 Å². The van der Waals surface area contributed by atoms with Gasteiger partial charge in [-0.05, 0) is 17.7 Å². The lowest BCUT2D eigenvalue weighted by Gasteiger charge is -2.27. The van der Waals surface area contributed by atoms with Crippen LogP contribution in [-0.2, 0) is 4.74 Å². The van der Waals surface area contributed by atoms with Crippen molar-refractivity contribution in [2.24, 2.45) is 4.99 Å². The number of nitrogens with one attached hydrogen (secondary N) is 2. The molecule has 0 aliphatic carbocycles. The summed E-state index contributed by atoms with van der Waals surface area (Å²) in [6.45, 7) is 5.38. The fourth-order valence-electron chi connectivity index (χ4n) is 2.36. The second kappa shape index (κ2) is 9.56. The van der Waals surface area contributed by atoms with Gasteiger partial charge in [-0.2, -0.15) is 0 Å². The molecule has 1 aromatic rings. The molecular weight excluding hydrogens is 356 g/mol. The quantitative estimate of drug-likeness (QED) is 0.464. The Labute approximate surface area is 146 Å². The van der Waals surface area contributed by atoms with Crippen molar-refractivity contribution in [3.05, 3.63) is 34.3 Å². The van der Waals surface area contributed by atoms with E-state index in [1.807, 2.05) is 24.3 Å². The van der Waals surface area contributed by atoms with Crippen LogP contribution in [0, 0.1) is 12.3 Å². The van der Waals surface area contributed by atoms with Gasteiger partial charge in [0, 0.05) is 37.7 Å². The molecule has 0 saturated carbocycles. The Hall–Kier alpha value is -1.55. The summed E-state index contributed by atoms with van der Waals surface area (Å²) in [4.78, 5) is 6.62. The molecule has 1 atom stereocenters. The number of terminal acetylenes is 1. The fraction of sp³-hybridized carbons (Fsp3) is 0.471. The van der Waals surface area contributed by atoms with Crippen molar-refractivity contribution in [3.63, 3.8) is 0 Å². The van der Waals surface area contributed by atoms with Crippen molar-refractivity contribution in [1.29, 1.82) is 0 Å². The standard InChI is InChI=1S/C17H23BrN4O/c1-3-16(14-4-6-15(18)7-5-14)21-17(19-2)20-8-9-22-10-12-23-13-11-22/h1,4-7,16H,8-13H2,2H3,(H2,19,20,21). The average Bonchev–Trinajstić information content (AvgIpc) is 2.60. The van der Waals surface area contributed by atoms with E-state index >= 15 is 0 Å². The van der Waals surface area contributed by atoms with Crippen LogP contribution in [0.5, 0.6) is 0 Å². The zero-order valence-corrected chi connectivity index (χ0v) is 15.0. The highest BCUT2D eigenvalue weighted by atomic mass is 79.9. The fourth-order valence-corrected chi connectivity index (χ4v) is 2.63. The van der Waals surface area contributed by atoms with Crippen molar-refractivity contribution < 1.29 is 4.74 Å². The Morgan fingerprint density at radius 1 is 1.39 bits per heavy atom. The maximum atomic E-state index is 5.66. The minimum absolute atomic E-state index is 0.210. The highest BCUT2D eigenvalue weighted by Gasteiger charge is 2.12. The smallest absolute Gasteiger partial charge is 0.192 e. The predicted octanol–water partition coefficient (Wildman–Crippen LogP) is 1.62. The molecule has 1 unspecified atom stereocenters. The summed E-state index contributed by atoms with van der Waals surface area (Å²) in [5.41, 5.74) is 1.03. The number of aliphatic imine (C=N–C) groups is 1. The van der Waals surface area contributed by atoms with Gasteiger partial charge in [0.2, 0.25) is 0 Å². The van der Waals surface area contributed by atoms with Gasteiger partial charge in [0.05, 0.1) is 13.2 Å². The van der Waals surface area contributed by atoms with E-state index < -0.39 is 0 Å². The van der Waals surface area contributed by atoms with E-state index in [1.165, 1.54) is 0 Å². The Morgan fingerprint density at radius 2 is 2.09 bits per heavy atom. The largest absolute Gasteiger partial charge is 0.379 e. The van der Waals surface area contributed by atoms with Crippen LogP contribution in [-0.4, -0.2) is 57.3 Å². The van der Waals surface area contributed by atoms with E-state index in [0.29, 0.717) is 5.96 Å². The maximum Gasteiger partial charge on any atom is 0.192 e. The van der Waals surface area contributed by atoms with Gasteiger partial charge in [0.15, 0.2) is 5.96 Å². The highest BCUT2D eigenvalue weighted by Crippen LogP contribution is 2.16. The van der Waals surface area contributed by atoms with Crippen LogP contribution in [0.25, 0.3) is 0 Å².